The molecule has 2 aromatic heterocycles. The highest BCUT2D eigenvalue weighted by Crippen LogP contribution is 2.29. The normalized spacial score (nSPS) is 11.9. The first kappa shape index (κ1) is 20.2. The Bertz CT molecular complexity index is 1040. The summed E-state index contributed by atoms with van der Waals surface area (Å²) in [5, 5.41) is 0.265. The fourth-order valence-corrected chi connectivity index (χ4v) is 4.13. The van der Waals surface area contributed by atoms with E-state index in [2.05, 4.69) is 14.7 Å². The molecule has 9 nitrogen and oxygen atoms in total. The first-order chi connectivity index (χ1) is 12.0. The molecule has 0 fully saturated rings. The number of halogens is 1. The zero-order valence-corrected chi connectivity index (χ0v) is 16.8. The highest BCUT2D eigenvalue weighted by molar-refractivity contribution is 7.93. The number of nitrogens with zero attached hydrogens (tertiary/aromatic N) is 3. The van der Waals surface area contributed by atoms with Crippen LogP contribution < -0.4 is 14.4 Å². The molecular weight excluding hydrogens is 404 g/mol. The van der Waals surface area contributed by atoms with Gasteiger partial charge in [0, 0.05) is 38.8 Å². The van der Waals surface area contributed by atoms with Gasteiger partial charge in [-0.1, -0.05) is 11.6 Å². The molecule has 26 heavy (non-hydrogen) atoms. The van der Waals surface area contributed by atoms with Crippen molar-refractivity contribution in [3.63, 3.8) is 0 Å². The molecule has 0 aliphatic heterocycles. The Labute approximate surface area is 157 Å². The van der Waals surface area contributed by atoms with Crippen molar-refractivity contribution in [2.24, 2.45) is 0 Å². The number of hydrogen-bond donors (Lipinski definition) is 1. The predicted molar refractivity (Wildman–Crippen MR) is 98.3 cm³/mol. The molecule has 0 saturated heterocycles. The SMILES string of the molecule is COc1cc(Cl)cnc1NS(=O)(=O)c1cnc(N(C)C)c(S(C)(=O)=O)c1. The summed E-state index contributed by atoms with van der Waals surface area (Å²) in [7, 11) is -3.33. The van der Waals surface area contributed by atoms with Crippen LogP contribution in [0.1, 0.15) is 0 Å². The maximum Gasteiger partial charge on any atom is 0.264 e. The van der Waals surface area contributed by atoms with E-state index in [1.807, 2.05) is 0 Å². The highest BCUT2D eigenvalue weighted by Gasteiger charge is 2.24. The van der Waals surface area contributed by atoms with Gasteiger partial charge >= 0.3 is 0 Å². The zero-order valence-electron chi connectivity index (χ0n) is 14.4. The van der Waals surface area contributed by atoms with E-state index >= 15 is 0 Å². The molecule has 0 aliphatic carbocycles. The second-order valence-electron chi connectivity index (χ2n) is 5.47. The van der Waals surface area contributed by atoms with Gasteiger partial charge in [-0.2, -0.15) is 0 Å². The van der Waals surface area contributed by atoms with E-state index in [4.69, 9.17) is 16.3 Å². The first-order valence-electron chi connectivity index (χ1n) is 7.05. The van der Waals surface area contributed by atoms with Crippen LogP contribution in [0.3, 0.4) is 0 Å². The fraction of sp³-hybridized carbons (Fsp3) is 0.286. The first-order valence-corrected chi connectivity index (χ1v) is 10.8. The van der Waals surface area contributed by atoms with Crippen molar-refractivity contribution >= 4 is 43.1 Å². The summed E-state index contributed by atoms with van der Waals surface area (Å²) in [5.41, 5.74) is 0. The van der Waals surface area contributed by atoms with Crippen molar-refractivity contribution in [2.45, 2.75) is 9.79 Å². The molecule has 0 aromatic carbocycles. The van der Waals surface area contributed by atoms with Crippen LogP contribution in [-0.4, -0.2) is 54.3 Å². The monoisotopic (exact) mass is 420 g/mol. The van der Waals surface area contributed by atoms with E-state index in [-0.39, 0.29) is 32.2 Å². The number of ether oxygens (including phenoxy) is 1. The maximum absolute atomic E-state index is 12.6. The molecule has 2 rings (SSSR count). The van der Waals surface area contributed by atoms with E-state index in [9.17, 15) is 16.8 Å². The van der Waals surface area contributed by atoms with E-state index in [0.29, 0.717) is 0 Å². The quantitative estimate of drug-likeness (QED) is 0.745. The van der Waals surface area contributed by atoms with Gasteiger partial charge in [-0.25, -0.2) is 26.8 Å². The van der Waals surface area contributed by atoms with Gasteiger partial charge in [0.1, 0.15) is 15.6 Å². The Balaban J connectivity index is 2.54. The lowest BCUT2D eigenvalue weighted by molar-refractivity contribution is 0.415. The molecule has 0 spiro atoms. The Morgan fingerprint density at radius 3 is 2.31 bits per heavy atom. The molecule has 0 radical (unpaired) electrons. The summed E-state index contributed by atoms with van der Waals surface area (Å²) >= 11 is 5.80. The zero-order chi connectivity index (χ0) is 19.7. The second kappa shape index (κ2) is 7.25. The lowest BCUT2D eigenvalue weighted by Crippen LogP contribution is -2.19. The Kier molecular flexibility index (Phi) is 5.64. The largest absolute Gasteiger partial charge is 0.493 e. The molecule has 2 heterocycles. The number of pyridine rings is 2. The smallest absolute Gasteiger partial charge is 0.264 e. The van der Waals surface area contributed by atoms with Crippen LogP contribution in [0.4, 0.5) is 11.6 Å². The number of anilines is 2. The summed E-state index contributed by atoms with van der Waals surface area (Å²) in [6.07, 6.45) is 3.29. The number of aromatic nitrogens is 2. The van der Waals surface area contributed by atoms with Gasteiger partial charge in [0.25, 0.3) is 10.0 Å². The molecule has 2 aromatic rings. The molecule has 0 amide bonds. The molecule has 142 valence electrons. The van der Waals surface area contributed by atoms with Crippen LogP contribution in [0.5, 0.6) is 5.75 Å². The van der Waals surface area contributed by atoms with Crippen molar-refractivity contribution in [2.75, 3.05) is 37.1 Å². The lowest BCUT2D eigenvalue weighted by atomic mass is 10.4. The van der Waals surface area contributed by atoms with Gasteiger partial charge < -0.3 is 9.64 Å². The van der Waals surface area contributed by atoms with E-state index in [1.165, 1.54) is 24.3 Å². The van der Waals surface area contributed by atoms with Crippen LogP contribution in [0, 0.1) is 0 Å². The van der Waals surface area contributed by atoms with Crippen LogP contribution >= 0.6 is 11.6 Å². The van der Waals surface area contributed by atoms with Crippen molar-refractivity contribution in [1.82, 2.24) is 9.97 Å². The summed E-state index contributed by atoms with van der Waals surface area (Å²) < 4.78 is 56.5. The summed E-state index contributed by atoms with van der Waals surface area (Å²) in [6.45, 7) is 0. The summed E-state index contributed by atoms with van der Waals surface area (Å²) in [4.78, 5) is 8.78. The number of methoxy groups -OCH3 is 1. The Morgan fingerprint density at radius 1 is 1.12 bits per heavy atom. The molecule has 1 N–H and O–H groups in total. The molecule has 0 aliphatic rings. The number of sulfone groups is 1. The lowest BCUT2D eigenvalue weighted by Gasteiger charge is -2.16. The summed E-state index contributed by atoms with van der Waals surface area (Å²) in [6, 6.07) is 2.43. The minimum atomic E-state index is -4.17. The standard InChI is InChI=1S/C14H17ClN4O5S2/c1-19(2)14-12(25(4,20)21)6-10(8-17-14)26(22,23)18-13-11(24-3)5-9(15)7-16-13/h5-8H,1-4H3,(H,16,18). The van der Waals surface area contributed by atoms with Crippen LogP contribution in [0.15, 0.2) is 34.3 Å². The van der Waals surface area contributed by atoms with Crippen molar-refractivity contribution in [1.29, 1.82) is 0 Å². The van der Waals surface area contributed by atoms with Gasteiger partial charge in [0.15, 0.2) is 21.4 Å². The van der Waals surface area contributed by atoms with Crippen molar-refractivity contribution in [3.8, 4) is 5.75 Å². The minimum Gasteiger partial charge on any atom is -0.493 e. The number of nitrogens with one attached hydrogen (secondary N) is 1. The van der Waals surface area contributed by atoms with Gasteiger partial charge in [-0.15, -0.1) is 0 Å². The molecule has 0 bridgehead atoms. The topological polar surface area (TPSA) is 119 Å². The number of hydrogen-bond acceptors (Lipinski definition) is 8. The van der Waals surface area contributed by atoms with E-state index in [0.717, 1.165) is 18.5 Å². The fourth-order valence-electron chi connectivity index (χ4n) is 2.01. The van der Waals surface area contributed by atoms with Crippen molar-refractivity contribution in [3.05, 3.63) is 29.5 Å². The molecule has 0 saturated carbocycles. The summed E-state index contributed by atoms with van der Waals surface area (Å²) in [5.74, 6) is 0.158. The molecular formula is C14H17ClN4O5S2. The van der Waals surface area contributed by atoms with Crippen molar-refractivity contribution < 1.29 is 21.6 Å². The average molecular weight is 421 g/mol. The third-order valence-corrected chi connectivity index (χ3v) is 5.82. The van der Waals surface area contributed by atoms with Gasteiger partial charge in [-0.05, 0) is 6.07 Å². The van der Waals surface area contributed by atoms with Crippen LogP contribution in [-0.2, 0) is 19.9 Å². The minimum absolute atomic E-state index is 0.0884. The van der Waals surface area contributed by atoms with E-state index < -0.39 is 19.9 Å². The molecule has 0 atom stereocenters. The average Bonchev–Trinajstić information content (AvgIpc) is 2.54. The molecule has 0 unspecified atom stereocenters. The van der Waals surface area contributed by atoms with Gasteiger partial charge in [0.05, 0.1) is 12.1 Å². The van der Waals surface area contributed by atoms with Gasteiger partial charge in [0.2, 0.25) is 0 Å². The number of rotatable bonds is 6. The third kappa shape index (κ3) is 4.34. The third-order valence-electron chi connectivity index (χ3n) is 3.21. The number of sulfonamides is 1. The van der Waals surface area contributed by atoms with Crippen LogP contribution in [0.2, 0.25) is 5.02 Å². The predicted octanol–water partition coefficient (Wildman–Crippen LogP) is 1.41. The van der Waals surface area contributed by atoms with Crippen LogP contribution in [0.25, 0.3) is 0 Å². The van der Waals surface area contributed by atoms with E-state index in [1.54, 1.807) is 14.1 Å². The maximum atomic E-state index is 12.6. The second-order valence-corrected chi connectivity index (χ2v) is 9.57. The Hall–Kier alpha value is -2.11. The molecule has 12 heteroatoms. The Morgan fingerprint density at radius 2 is 1.77 bits per heavy atom. The highest BCUT2D eigenvalue weighted by atomic mass is 35.5. The van der Waals surface area contributed by atoms with Gasteiger partial charge in [-0.3, -0.25) is 4.72 Å².